The second-order valence-electron chi connectivity index (χ2n) is 3.53. The van der Waals surface area contributed by atoms with Crippen LogP contribution in [0.1, 0.15) is 6.92 Å². The second kappa shape index (κ2) is 6.23. The lowest BCUT2D eigenvalue weighted by Gasteiger charge is -2.14. The zero-order valence-corrected chi connectivity index (χ0v) is 11.4. The lowest BCUT2D eigenvalue weighted by atomic mass is 10.2. The van der Waals surface area contributed by atoms with Crippen LogP contribution in [-0.4, -0.2) is 23.5 Å². The quantitative estimate of drug-likeness (QED) is 0.875. The van der Waals surface area contributed by atoms with E-state index in [-0.39, 0.29) is 0 Å². The highest BCUT2D eigenvalue weighted by atomic mass is 79.9. The first-order chi connectivity index (χ1) is 7.15. The van der Waals surface area contributed by atoms with Crippen molar-refractivity contribution in [1.29, 1.82) is 0 Å². The van der Waals surface area contributed by atoms with Gasteiger partial charge in [-0.15, -0.1) is 0 Å². The van der Waals surface area contributed by atoms with Crippen molar-refractivity contribution in [1.82, 2.24) is 4.98 Å². The molecule has 1 aromatic rings. The van der Waals surface area contributed by atoms with E-state index in [4.69, 9.17) is 5.73 Å². The van der Waals surface area contributed by atoms with Gasteiger partial charge in [0.05, 0.1) is 22.0 Å². The molecule has 0 bridgehead atoms. The van der Waals surface area contributed by atoms with Crippen molar-refractivity contribution >= 4 is 39.1 Å². The van der Waals surface area contributed by atoms with Gasteiger partial charge in [-0.05, 0) is 33.9 Å². The van der Waals surface area contributed by atoms with Crippen molar-refractivity contribution in [2.24, 2.45) is 5.92 Å². The normalized spacial score (nSPS) is 12.5. The summed E-state index contributed by atoms with van der Waals surface area (Å²) in [5, 5.41) is 3.34. The molecule has 3 N–H and O–H groups in total. The van der Waals surface area contributed by atoms with Gasteiger partial charge in [0.25, 0.3) is 0 Å². The SMILES string of the molecule is CSCC(C)CNc1c(N)cncc1Br. The van der Waals surface area contributed by atoms with Gasteiger partial charge in [-0.25, -0.2) is 0 Å². The van der Waals surface area contributed by atoms with Crippen molar-refractivity contribution in [2.75, 3.05) is 29.6 Å². The number of rotatable bonds is 5. The lowest BCUT2D eigenvalue weighted by molar-refractivity contribution is 0.701. The minimum absolute atomic E-state index is 0.625. The fraction of sp³-hybridized carbons (Fsp3) is 0.500. The van der Waals surface area contributed by atoms with E-state index in [1.165, 1.54) is 0 Å². The molecule has 0 fully saturated rings. The third-order valence-corrected chi connectivity index (χ3v) is 3.51. The van der Waals surface area contributed by atoms with E-state index in [1.807, 2.05) is 11.8 Å². The average Bonchev–Trinajstić information content (AvgIpc) is 2.17. The smallest absolute Gasteiger partial charge is 0.0750 e. The monoisotopic (exact) mass is 289 g/mol. The highest BCUT2D eigenvalue weighted by Crippen LogP contribution is 2.27. The third kappa shape index (κ3) is 3.91. The van der Waals surface area contributed by atoms with Crippen LogP contribution in [0.25, 0.3) is 0 Å². The summed E-state index contributed by atoms with van der Waals surface area (Å²) >= 11 is 5.28. The van der Waals surface area contributed by atoms with Crippen LogP contribution < -0.4 is 11.1 Å². The van der Waals surface area contributed by atoms with E-state index >= 15 is 0 Å². The number of pyridine rings is 1. The minimum atomic E-state index is 0.625. The fourth-order valence-corrected chi connectivity index (χ4v) is 2.43. The molecule has 0 radical (unpaired) electrons. The van der Waals surface area contributed by atoms with Gasteiger partial charge in [0, 0.05) is 12.7 Å². The highest BCUT2D eigenvalue weighted by Gasteiger charge is 2.06. The minimum Gasteiger partial charge on any atom is -0.396 e. The Bertz CT molecular complexity index is 299. The number of hydrogen-bond donors (Lipinski definition) is 2. The number of thioether (sulfide) groups is 1. The van der Waals surface area contributed by atoms with Gasteiger partial charge >= 0.3 is 0 Å². The van der Waals surface area contributed by atoms with Gasteiger partial charge in [0.2, 0.25) is 0 Å². The molecular weight excluding hydrogens is 274 g/mol. The molecule has 1 heterocycles. The van der Waals surface area contributed by atoms with E-state index in [0.717, 1.165) is 22.5 Å². The number of anilines is 2. The van der Waals surface area contributed by atoms with Gasteiger partial charge in [0.1, 0.15) is 0 Å². The summed E-state index contributed by atoms with van der Waals surface area (Å²) in [4.78, 5) is 3.99. The maximum absolute atomic E-state index is 5.82. The average molecular weight is 290 g/mol. The van der Waals surface area contributed by atoms with Gasteiger partial charge in [-0.2, -0.15) is 11.8 Å². The molecule has 15 heavy (non-hydrogen) atoms. The molecule has 0 aliphatic rings. The Morgan fingerprint density at radius 3 is 2.93 bits per heavy atom. The summed E-state index contributed by atoms with van der Waals surface area (Å²) in [6.45, 7) is 3.14. The first-order valence-electron chi connectivity index (χ1n) is 4.77. The predicted octanol–water partition coefficient (Wildman–Crippen LogP) is 2.84. The fourth-order valence-electron chi connectivity index (χ4n) is 1.26. The number of nitrogens with two attached hydrogens (primary N) is 1. The largest absolute Gasteiger partial charge is 0.396 e. The van der Waals surface area contributed by atoms with Crippen LogP contribution in [0.3, 0.4) is 0 Å². The first-order valence-corrected chi connectivity index (χ1v) is 6.95. The predicted molar refractivity (Wildman–Crippen MR) is 72.4 cm³/mol. The number of aromatic nitrogens is 1. The molecule has 1 rings (SSSR count). The maximum atomic E-state index is 5.82. The van der Waals surface area contributed by atoms with Crippen LogP contribution in [-0.2, 0) is 0 Å². The Morgan fingerprint density at radius 2 is 2.33 bits per heavy atom. The molecule has 0 amide bonds. The number of nitrogens with zero attached hydrogens (tertiary/aromatic N) is 1. The second-order valence-corrected chi connectivity index (χ2v) is 5.29. The Labute approximate surface area is 103 Å². The molecule has 84 valence electrons. The summed E-state index contributed by atoms with van der Waals surface area (Å²) in [7, 11) is 0. The van der Waals surface area contributed by atoms with Gasteiger partial charge < -0.3 is 11.1 Å². The van der Waals surface area contributed by atoms with E-state index < -0.39 is 0 Å². The van der Waals surface area contributed by atoms with Crippen molar-refractivity contribution in [3.05, 3.63) is 16.9 Å². The molecule has 5 heteroatoms. The zero-order valence-electron chi connectivity index (χ0n) is 8.96. The third-order valence-electron chi connectivity index (χ3n) is 2.01. The summed E-state index contributed by atoms with van der Waals surface area (Å²) in [6, 6.07) is 0. The molecule has 0 aliphatic heterocycles. The number of hydrogen-bond acceptors (Lipinski definition) is 4. The van der Waals surface area contributed by atoms with E-state index in [1.54, 1.807) is 12.4 Å². The maximum Gasteiger partial charge on any atom is 0.0750 e. The van der Waals surface area contributed by atoms with E-state index in [0.29, 0.717) is 11.6 Å². The van der Waals surface area contributed by atoms with Crippen LogP contribution >= 0.6 is 27.7 Å². The van der Waals surface area contributed by atoms with E-state index in [2.05, 4.69) is 39.4 Å². The van der Waals surface area contributed by atoms with Gasteiger partial charge in [-0.3, -0.25) is 4.98 Å². The van der Waals surface area contributed by atoms with Crippen LogP contribution in [0.15, 0.2) is 16.9 Å². The molecule has 0 spiro atoms. The first kappa shape index (κ1) is 12.6. The Morgan fingerprint density at radius 1 is 1.60 bits per heavy atom. The van der Waals surface area contributed by atoms with Gasteiger partial charge in [0.15, 0.2) is 0 Å². The number of nitrogens with one attached hydrogen (secondary N) is 1. The van der Waals surface area contributed by atoms with Crippen molar-refractivity contribution in [3.63, 3.8) is 0 Å². The molecule has 0 saturated heterocycles. The lowest BCUT2D eigenvalue weighted by Crippen LogP contribution is -2.14. The Kier molecular flexibility index (Phi) is 5.25. The summed E-state index contributed by atoms with van der Waals surface area (Å²) in [6.07, 6.45) is 5.53. The summed E-state index contributed by atoms with van der Waals surface area (Å²) < 4.78 is 0.916. The molecule has 1 unspecified atom stereocenters. The molecule has 1 aromatic heterocycles. The number of halogens is 1. The van der Waals surface area contributed by atoms with Gasteiger partial charge in [-0.1, -0.05) is 6.92 Å². The van der Waals surface area contributed by atoms with Crippen molar-refractivity contribution in [2.45, 2.75) is 6.92 Å². The Balaban J connectivity index is 2.57. The molecule has 0 aliphatic carbocycles. The molecule has 0 saturated carbocycles. The van der Waals surface area contributed by atoms with Crippen LogP contribution in [0.2, 0.25) is 0 Å². The molecule has 0 aromatic carbocycles. The highest BCUT2D eigenvalue weighted by molar-refractivity contribution is 9.10. The molecule has 1 atom stereocenters. The van der Waals surface area contributed by atoms with Crippen LogP contribution in [0.4, 0.5) is 11.4 Å². The van der Waals surface area contributed by atoms with Crippen LogP contribution in [0.5, 0.6) is 0 Å². The summed E-state index contributed by atoms with van der Waals surface area (Å²) in [5.41, 5.74) is 7.45. The van der Waals surface area contributed by atoms with Crippen molar-refractivity contribution < 1.29 is 0 Å². The van der Waals surface area contributed by atoms with Crippen LogP contribution in [0, 0.1) is 5.92 Å². The Hall–Kier alpha value is -0.420. The zero-order chi connectivity index (χ0) is 11.3. The topological polar surface area (TPSA) is 50.9 Å². The number of nitrogen functional groups attached to an aromatic ring is 1. The molecule has 3 nitrogen and oxygen atoms in total. The van der Waals surface area contributed by atoms with Crippen molar-refractivity contribution in [3.8, 4) is 0 Å². The molecular formula is C10H16BrN3S. The standard InChI is InChI=1S/C10H16BrN3S/c1-7(6-15-2)3-14-10-8(11)4-13-5-9(10)12/h4-5,7H,3,6,12H2,1-2H3,(H,13,14). The summed E-state index contributed by atoms with van der Waals surface area (Å²) in [5.74, 6) is 1.77. The van der Waals surface area contributed by atoms with E-state index in [9.17, 15) is 0 Å².